The molecule has 0 aliphatic heterocycles. The zero-order chi connectivity index (χ0) is 27.7. The second-order valence-corrected chi connectivity index (χ2v) is 8.29. The lowest BCUT2D eigenvalue weighted by Gasteiger charge is -2.10. The van der Waals surface area contributed by atoms with Crippen LogP contribution in [0, 0.1) is 0 Å². The van der Waals surface area contributed by atoms with Crippen molar-refractivity contribution in [2.45, 2.75) is 0 Å². The van der Waals surface area contributed by atoms with E-state index in [4.69, 9.17) is 42.1 Å². The molecule has 198 valence electrons. The number of esters is 1. The number of halogens is 2. The quantitative estimate of drug-likeness (QED) is 0.166. The molecule has 12 heteroatoms. The zero-order valence-corrected chi connectivity index (χ0v) is 22.1. The molecule has 38 heavy (non-hydrogen) atoms. The number of carbonyl (C=O) groups is 3. The van der Waals surface area contributed by atoms with Gasteiger partial charge in [-0.25, -0.2) is 10.2 Å². The zero-order valence-electron chi connectivity index (χ0n) is 20.5. The summed E-state index contributed by atoms with van der Waals surface area (Å²) in [5.41, 5.74) is 3.38. The standard InChI is InChI=1S/C26H23Cl2N3O7/c1-35-20-9-6-16(12-23(20)37-3)25(33)29-14-24(32)31-30-13-15-4-8-21(22(10-15)36-2)38-26(34)17-5-7-18(27)19(28)11-17/h4-13H,14H2,1-3H3,(H,29,33)(H,31,32). The molecule has 0 radical (unpaired) electrons. The molecule has 2 amide bonds. The number of benzene rings is 3. The van der Waals surface area contributed by atoms with Gasteiger partial charge in [-0.15, -0.1) is 0 Å². The summed E-state index contributed by atoms with van der Waals surface area (Å²) in [7, 11) is 4.36. The normalized spacial score (nSPS) is 10.6. The SMILES string of the molecule is COc1ccc(C(=O)NCC(=O)NN=Cc2ccc(OC(=O)c3ccc(Cl)c(Cl)c3)c(OC)c2)cc1OC. The number of carbonyl (C=O) groups excluding carboxylic acids is 3. The van der Waals surface area contributed by atoms with E-state index in [2.05, 4.69) is 15.8 Å². The predicted molar refractivity (Wildman–Crippen MR) is 142 cm³/mol. The molecular weight excluding hydrogens is 537 g/mol. The Kier molecular flexibility index (Phi) is 9.92. The Morgan fingerprint density at radius 2 is 1.45 bits per heavy atom. The van der Waals surface area contributed by atoms with Gasteiger partial charge in [0, 0.05) is 5.56 Å². The van der Waals surface area contributed by atoms with Crippen molar-refractivity contribution >= 4 is 47.2 Å². The van der Waals surface area contributed by atoms with Crippen LogP contribution >= 0.6 is 23.2 Å². The molecule has 0 saturated carbocycles. The van der Waals surface area contributed by atoms with Crippen molar-refractivity contribution in [2.24, 2.45) is 5.10 Å². The number of hydrogen-bond acceptors (Lipinski definition) is 8. The Labute approximate surface area is 228 Å². The number of nitrogens with one attached hydrogen (secondary N) is 2. The van der Waals surface area contributed by atoms with Crippen molar-refractivity contribution in [1.82, 2.24) is 10.7 Å². The Morgan fingerprint density at radius 1 is 0.789 bits per heavy atom. The summed E-state index contributed by atoms with van der Waals surface area (Å²) >= 11 is 11.8. The molecule has 2 N–H and O–H groups in total. The largest absolute Gasteiger partial charge is 0.493 e. The number of amides is 2. The summed E-state index contributed by atoms with van der Waals surface area (Å²) < 4.78 is 21.0. The van der Waals surface area contributed by atoms with E-state index >= 15 is 0 Å². The summed E-state index contributed by atoms with van der Waals surface area (Å²) in [4.78, 5) is 36.9. The number of hydrogen-bond donors (Lipinski definition) is 2. The van der Waals surface area contributed by atoms with Crippen molar-refractivity contribution in [2.75, 3.05) is 27.9 Å². The second kappa shape index (κ2) is 13.3. The van der Waals surface area contributed by atoms with Gasteiger partial charge in [-0.3, -0.25) is 9.59 Å². The van der Waals surface area contributed by atoms with Crippen LogP contribution in [0.25, 0.3) is 0 Å². The van der Waals surface area contributed by atoms with E-state index < -0.39 is 17.8 Å². The number of methoxy groups -OCH3 is 3. The molecule has 0 unspecified atom stereocenters. The summed E-state index contributed by atoms with van der Waals surface area (Å²) in [6, 6.07) is 13.7. The second-order valence-electron chi connectivity index (χ2n) is 7.47. The summed E-state index contributed by atoms with van der Waals surface area (Å²) in [6.07, 6.45) is 1.36. The highest BCUT2D eigenvalue weighted by Crippen LogP contribution is 2.30. The highest BCUT2D eigenvalue weighted by Gasteiger charge is 2.15. The molecule has 0 aliphatic rings. The lowest BCUT2D eigenvalue weighted by Crippen LogP contribution is -2.34. The average Bonchev–Trinajstić information content (AvgIpc) is 2.93. The summed E-state index contributed by atoms with van der Waals surface area (Å²) in [5.74, 6) is -0.371. The lowest BCUT2D eigenvalue weighted by atomic mass is 10.2. The number of rotatable bonds is 10. The Hall–Kier alpha value is -4.28. The third kappa shape index (κ3) is 7.37. The minimum absolute atomic E-state index is 0.169. The van der Waals surface area contributed by atoms with Crippen LogP contribution in [-0.2, 0) is 4.79 Å². The fourth-order valence-electron chi connectivity index (χ4n) is 3.09. The van der Waals surface area contributed by atoms with Crippen LogP contribution in [-0.4, -0.2) is 51.9 Å². The molecule has 0 heterocycles. The molecule has 0 atom stereocenters. The fourth-order valence-corrected chi connectivity index (χ4v) is 3.39. The van der Waals surface area contributed by atoms with Crippen LogP contribution in [0.1, 0.15) is 26.3 Å². The molecule has 0 aromatic heterocycles. The van der Waals surface area contributed by atoms with Gasteiger partial charge in [0.2, 0.25) is 0 Å². The minimum atomic E-state index is -0.648. The smallest absolute Gasteiger partial charge is 0.343 e. The maximum Gasteiger partial charge on any atom is 0.343 e. The van der Waals surface area contributed by atoms with Gasteiger partial charge in [0.25, 0.3) is 11.8 Å². The Bertz CT molecular complexity index is 1380. The van der Waals surface area contributed by atoms with Crippen molar-refractivity contribution in [3.05, 3.63) is 81.3 Å². The average molecular weight is 560 g/mol. The van der Waals surface area contributed by atoms with Gasteiger partial charge in [-0.05, 0) is 60.2 Å². The number of hydrazone groups is 1. The van der Waals surface area contributed by atoms with E-state index in [1.54, 1.807) is 24.3 Å². The van der Waals surface area contributed by atoms with Crippen LogP contribution in [0.15, 0.2) is 59.7 Å². The molecule has 3 aromatic carbocycles. The fraction of sp³-hybridized carbons (Fsp3) is 0.154. The van der Waals surface area contributed by atoms with E-state index in [-0.39, 0.29) is 28.6 Å². The molecule has 10 nitrogen and oxygen atoms in total. The number of nitrogens with zero attached hydrogens (tertiary/aromatic N) is 1. The first-order valence-corrected chi connectivity index (χ1v) is 11.7. The predicted octanol–water partition coefficient (Wildman–Crippen LogP) is 4.12. The molecule has 0 aliphatic carbocycles. The topological polar surface area (TPSA) is 125 Å². The van der Waals surface area contributed by atoms with Gasteiger partial charge in [-0.1, -0.05) is 23.2 Å². The Morgan fingerprint density at radius 3 is 2.13 bits per heavy atom. The van der Waals surface area contributed by atoms with Gasteiger partial charge in [0.05, 0.1) is 49.7 Å². The molecule has 0 saturated heterocycles. The molecule has 3 rings (SSSR count). The number of ether oxygens (including phenoxy) is 4. The van der Waals surface area contributed by atoms with E-state index in [1.807, 2.05) is 0 Å². The lowest BCUT2D eigenvalue weighted by molar-refractivity contribution is -0.120. The first-order chi connectivity index (χ1) is 18.2. The van der Waals surface area contributed by atoms with Crippen molar-refractivity contribution in [3.63, 3.8) is 0 Å². The maximum atomic E-state index is 12.4. The van der Waals surface area contributed by atoms with E-state index in [0.29, 0.717) is 27.6 Å². The van der Waals surface area contributed by atoms with Gasteiger partial charge in [0.15, 0.2) is 23.0 Å². The monoisotopic (exact) mass is 559 g/mol. The highest BCUT2D eigenvalue weighted by molar-refractivity contribution is 6.42. The van der Waals surface area contributed by atoms with Crippen LogP contribution < -0.4 is 29.7 Å². The maximum absolute atomic E-state index is 12.4. The highest BCUT2D eigenvalue weighted by atomic mass is 35.5. The third-order valence-corrected chi connectivity index (χ3v) is 5.74. The van der Waals surface area contributed by atoms with Crippen LogP contribution in [0.4, 0.5) is 0 Å². The molecule has 0 fully saturated rings. The summed E-state index contributed by atoms with van der Waals surface area (Å²) in [5, 5.41) is 6.91. The van der Waals surface area contributed by atoms with Crippen molar-refractivity contribution in [3.8, 4) is 23.0 Å². The van der Waals surface area contributed by atoms with E-state index in [0.717, 1.165) is 0 Å². The van der Waals surface area contributed by atoms with Gasteiger partial charge in [-0.2, -0.15) is 5.10 Å². The van der Waals surface area contributed by atoms with Crippen molar-refractivity contribution in [1.29, 1.82) is 0 Å². The molecular formula is C26H23Cl2N3O7. The van der Waals surface area contributed by atoms with Crippen LogP contribution in [0.5, 0.6) is 23.0 Å². The van der Waals surface area contributed by atoms with E-state index in [1.165, 1.54) is 57.9 Å². The molecule has 0 spiro atoms. The summed E-state index contributed by atoms with van der Waals surface area (Å²) in [6.45, 7) is -0.308. The van der Waals surface area contributed by atoms with Crippen LogP contribution in [0.2, 0.25) is 10.0 Å². The first-order valence-electron chi connectivity index (χ1n) is 10.9. The first kappa shape index (κ1) is 28.3. The Balaban J connectivity index is 1.55. The van der Waals surface area contributed by atoms with Crippen LogP contribution in [0.3, 0.4) is 0 Å². The van der Waals surface area contributed by atoms with Gasteiger partial charge >= 0.3 is 5.97 Å². The van der Waals surface area contributed by atoms with E-state index in [9.17, 15) is 14.4 Å². The minimum Gasteiger partial charge on any atom is -0.493 e. The van der Waals surface area contributed by atoms with Gasteiger partial charge in [0.1, 0.15) is 0 Å². The van der Waals surface area contributed by atoms with Gasteiger partial charge < -0.3 is 24.3 Å². The molecule has 3 aromatic rings. The third-order valence-electron chi connectivity index (χ3n) is 5.00. The molecule has 0 bridgehead atoms. The van der Waals surface area contributed by atoms with Crippen molar-refractivity contribution < 1.29 is 33.3 Å².